The number of nitrogens with one attached hydrogen (secondary N) is 12. The Hall–Kier alpha value is -8.43. The summed E-state index contributed by atoms with van der Waals surface area (Å²) < 4.78 is 51.4. The molecule has 135 heavy (non-hydrogen) atoms. The third-order valence-corrected chi connectivity index (χ3v) is 23.1. The maximum atomic E-state index is 14.3. The highest BCUT2D eigenvalue weighted by atomic mass is 16.7. The summed E-state index contributed by atoms with van der Waals surface area (Å²) in [6, 6.07) is 1.16. The van der Waals surface area contributed by atoms with Gasteiger partial charge in [-0.25, -0.2) is 0 Å². The van der Waals surface area contributed by atoms with Gasteiger partial charge in [-0.1, -0.05) is 94.5 Å². The number of rotatable bonds is 68. The first-order valence-corrected chi connectivity index (χ1v) is 47.6. The molecule has 0 aliphatic carbocycles. The molecule has 12 amide bonds. The Morgan fingerprint density at radius 2 is 0.637 bits per heavy atom. The van der Waals surface area contributed by atoms with E-state index in [9.17, 15) is 119 Å². The van der Waals surface area contributed by atoms with Crippen LogP contribution in [0.2, 0.25) is 0 Å². The van der Waals surface area contributed by atoms with Gasteiger partial charge < -0.3 is 163 Å². The van der Waals surface area contributed by atoms with E-state index in [0.717, 1.165) is 18.4 Å². The topological polar surface area (TPSA) is 672 Å². The highest BCUT2D eigenvalue weighted by Gasteiger charge is 2.49. The third kappa shape index (κ3) is 46.3. The van der Waals surface area contributed by atoms with E-state index in [0.29, 0.717) is 122 Å². The van der Waals surface area contributed by atoms with Crippen LogP contribution < -0.4 is 63.8 Å². The number of amides is 12. The predicted molar refractivity (Wildman–Crippen MR) is 479 cm³/mol. The van der Waals surface area contributed by atoms with E-state index in [4.69, 9.17) is 42.6 Å². The van der Waals surface area contributed by atoms with Gasteiger partial charge in [-0.3, -0.25) is 62.3 Å². The normalized spacial score (nSPS) is 25.0. The molecule has 4 aliphatic heterocycles. The number of esters is 1. The van der Waals surface area contributed by atoms with Crippen molar-refractivity contribution in [3.05, 3.63) is 35.9 Å². The van der Waals surface area contributed by atoms with Crippen molar-refractivity contribution < 1.29 is 161 Å². The molecule has 22 atom stereocenters. The summed E-state index contributed by atoms with van der Waals surface area (Å²) >= 11 is 0. The summed E-state index contributed by atoms with van der Waals surface area (Å²) in [7, 11) is 0. The third-order valence-electron chi connectivity index (χ3n) is 23.1. The second kappa shape index (κ2) is 67.0. The lowest BCUT2D eigenvalue weighted by molar-refractivity contribution is -0.270. The minimum absolute atomic E-state index is 0.0392. The van der Waals surface area contributed by atoms with E-state index in [1.54, 1.807) is 0 Å². The lowest BCUT2D eigenvalue weighted by atomic mass is 9.97. The van der Waals surface area contributed by atoms with Gasteiger partial charge in [0, 0.05) is 132 Å². The van der Waals surface area contributed by atoms with E-state index in [2.05, 4.69) is 63.8 Å². The number of carbonyl (C=O) groups excluding carboxylic acids is 13. The second-order valence-electron chi connectivity index (χ2n) is 34.5. The molecule has 4 saturated heterocycles. The average Bonchev–Trinajstić information content (AvgIpc) is 0.812. The van der Waals surface area contributed by atoms with Crippen LogP contribution >= 0.6 is 0 Å². The molecule has 23 N–H and O–H groups in total. The van der Waals surface area contributed by atoms with Gasteiger partial charge in [-0.2, -0.15) is 0 Å². The van der Waals surface area contributed by atoms with Crippen LogP contribution in [0.4, 0.5) is 0 Å². The summed E-state index contributed by atoms with van der Waals surface area (Å²) in [5.41, 5.74) is 0.883. The molecular weight excluding hydrogens is 1780 g/mol. The lowest BCUT2D eigenvalue weighted by Crippen LogP contribution is -2.64. The standard InChI is InChI=1S/C90H152N12O33/c1-55(107)96-63-49-64(111)65(50-103)132-87(63)127-45-24-11-7-20-41-92-70(113)37-34-60(84(124)93-42-21-8-12-25-46-128-88-75(97-56(2)108)81(121)78(118)66(51-104)133-88)101-72(115)39-36-62(86(126)95-44-23-10-14-27-48-130-90-77(99-58(4)110)83(123)80(120)68(53-106)135-90)102-73(116)38-35-61(85(125)94-43-22-9-13-26-47-129-89-76(98-57(3)109)82(122)79(119)67(52-105)134-89)100-71(114)32-28-31-69(112)91-40-19-6-5-18-33-74(117)131-54-59-29-16-15-17-30-59/h15-17,29-30,60-68,75-83,87-90,103-106,111,118-123H,5-14,18-28,31-54H2,1-4H3,(H,91,112)(H,92,113)(H,93,124)(H,94,125)(H,95,126)(H,96,107)(H,97,108)(H,98,109)(H,99,110)(H,100,114)(H,101,115)(H,102,116)/t60?,61?,62?,63-,64-,65-,66-,67-,68-,75-,76-,77-,78+,79+,80+,81-,82-,83-,87-,88-,89-,90-/m1/s1. The molecule has 45 heteroatoms. The molecule has 4 fully saturated rings. The van der Waals surface area contributed by atoms with Crippen LogP contribution in [0.5, 0.6) is 0 Å². The van der Waals surface area contributed by atoms with Crippen molar-refractivity contribution in [1.82, 2.24) is 63.8 Å². The number of benzene rings is 1. The Morgan fingerprint density at radius 3 is 0.993 bits per heavy atom. The van der Waals surface area contributed by atoms with Crippen LogP contribution in [0, 0.1) is 0 Å². The van der Waals surface area contributed by atoms with Gasteiger partial charge in [-0.15, -0.1) is 0 Å². The van der Waals surface area contributed by atoms with Gasteiger partial charge in [-0.05, 0) is 95.5 Å². The van der Waals surface area contributed by atoms with Gasteiger partial charge >= 0.3 is 5.97 Å². The van der Waals surface area contributed by atoms with Crippen LogP contribution in [-0.2, 0) is 112 Å². The molecule has 0 spiro atoms. The monoisotopic (exact) mass is 1930 g/mol. The summed E-state index contributed by atoms with van der Waals surface area (Å²) in [4.78, 5) is 171. The van der Waals surface area contributed by atoms with Crippen LogP contribution in [0.1, 0.15) is 232 Å². The molecule has 4 heterocycles. The van der Waals surface area contributed by atoms with Gasteiger partial charge in [0.05, 0.1) is 38.6 Å². The number of aliphatic hydroxyl groups is 11. The molecule has 770 valence electrons. The first-order chi connectivity index (χ1) is 64.8. The Bertz CT molecular complexity index is 3670. The van der Waals surface area contributed by atoms with Gasteiger partial charge in [0.25, 0.3) is 0 Å². The predicted octanol–water partition coefficient (Wildman–Crippen LogP) is -3.66. The smallest absolute Gasteiger partial charge is 0.306 e. The molecule has 45 nitrogen and oxygen atoms in total. The van der Waals surface area contributed by atoms with Crippen molar-refractivity contribution in [2.24, 2.45) is 0 Å². The average molecular weight is 1930 g/mol. The Labute approximate surface area is 788 Å². The van der Waals surface area contributed by atoms with E-state index in [-0.39, 0.29) is 135 Å². The summed E-state index contributed by atoms with van der Waals surface area (Å²) in [5.74, 6) is -7.19. The number of unbranched alkanes of at least 4 members (excludes halogenated alkanes) is 15. The molecule has 0 bridgehead atoms. The zero-order chi connectivity index (χ0) is 99.0. The minimum atomic E-state index is -1.52. The fourth-order valence-corrected chi connectivity index (χ4v) is 15.6. The van der Waals surface area contributed by atoms with E-state index < -0.39 is 233 Å². The van der Waals surface area contributed by atoms with Crippen molar-refractivity contribution in [1.29, 1.82) is 0 Å². The highest BCUT2D eigenvalue weighted by molar-refractivity contribution is 5.91. The first kappa shape index (κ1) is 117. The minimum Gasteiger partial charge on any atom is -0.461 e. The van der Waals surface area contributed by atoms with Gasteiger partial charge in [0.15, 0.2) is 25.2 Å². The highest BCUT2D eigenvalue weighted by Crippen LogP contribution is 2.28. The van der Waals surface area contributed by atoms with Crippen molar-refractivity contribution in [3.8, 4) is 0 Å². The van der Waals surface area contributed by atoms with Crippen molar-refractivity contribution in [2.75, 3.05) is 85.6 Å². The molecule has 0 radical (unpaired) electrons. The fraction of sp³-hybridized carbons (Fsp3) is 0.789. The SMILES string of the molecule is CC(=O)N[C@H]1[C@H](OCCCCCCNC(=O)C(CCC(=O)NCCCCCCO[C@@H]2O[C@H](CO)[C@H](O)C[C@H]2NC(C)=O)NC(=O)CCC(NC(=O)CCC(NC(=O)CCCC(=O)NCCCCCCC(=O)OCc2ccccc2)C(=O)NCCCCCCO[C@@H]2O[C@H](CO)[C@H](O)[C@H](O)[C@H]2NC(C)=O)C(=O)NCCCCCCO[C@@H]2O[C@H](CO)[C@H](O)[C@H](O)[C@H]2NC(C)=O)O[C@H](CO)[C@H](O)[C@@H]1O. The van der Waals surface area contributed by atoms with E-state index >= 15 is 0 Å². The zero-order valence-corrected chi connectivity index (χ0v) is 78.3. The fourth-order valence-electron chi connectivity index (χ4n) is 15.6. The van der Waals surface area contributed by atoms with Crippen LogP contribution in [0.3, 0.4) is 0 Å². The number of carbonyl (C=O) groups is 13. The van der Waals surface area contributed by atoms with Crippen LogP contribution in [-0.4, -0.2) is 353 Å². The lowest BCUT2D eigenvalue weighted by Gasteiger charge is -2.42. The van der Waals surface area contributed by atoms with Gasteiger partial charge in [0.1, 0.15) is 104 Å². The van der Waals surface area contributed by atoms with Crippen molar-refractivity contribution in [3.63, 3.8) is 0 Å². The largest absolute Gasteiger partial charge is 0.461 e. The quantitative estimate of drug-likeness (QED) is 0.0221. The molecular formula is C90H152N12O33. The molecule has 5 rings (SSSR count). The van der Waals surface area contributed by atoms with Crippen molar-refractivity contribution in [2.45, 2.75) is 368 Å². The molecule has 0 saturated carbocycles. The number of ether oxygens (including phenoxy) is 9. The maximum Gasteiger partial charge on any atom is 0.306 e. The zero-order valence-electron chi connectivity index (χ0n) is 78.3. The summed E-state index contributed by atoms with van der Waals surface area (Å²) in [6.45, 7) is 4.11. The molecule has 3 unspecified atom stereocenters. The number of hydrogen-bond acceptors (Lipinski definition) is 33. The number of hydrogen-bond donors (Lipinski definition) is 23. The Kier molecular flexibility index (Phi) is 58.1. The molecule has 0 aromatic heterocycles. The molecule has 1 aromatic carbocycles. The maximum absolute atomic E-state index is 14.3. The summed E-state index contributed by atoms with van der Waals surface area (Å²) in [5, 5.41) is 145. The Morgan fingerprint density at radius 1 is 0.333 bits per heavy atom. The van der Waals surface area contributed by atoms with Crippen molar-refractivity contribution >= 4 is 76.9 Å². The van der Waals surface area contributed by atoms with E-state index in [1.807, 2.05) is 30.3 Å². The first-order valence-electron chi connectivity index (χ1n) is 47.6. The van der Waals surface area contributed by atoms with Gasteiger partial charge in [0.2, 0.25) is 70.9 Å². The van der Waals surface area contributed by atoms with Crippen LogP contribution in [0.25, 0.3) is 0 Å². The van der Waals surface area contributed by atoms with E-state index in [1.165, 1.54) is 27.7 Å². The van der Waals surface area contributed by atoms with Crippen LogP contribution in [0.15, 0.2) is 30.3 Å². The Balaban J connectivity index is 1.25. The molecule has 4 aliphatic rings. The number of aliphatic hydroxyl groups excluding tert-OH is 11. The second-order valence-corrected chi connectivity index (χ2v) is 34.5. The molecule has 1 aromatic rings. The summed E-state index contributed by atoms with van der Waals surface area (Å²) in [6.07, 6.45) is -9.98.